The summed E-state index contributed by atoms with van der Waals surface area (Å²) in [6.45, 7) is 4.40. The molecule has 0 fully saturated rings. The number of aryl methyl sites for hydroxylation is 2. The summed E-state index contributed by atoms with van der Waals surface area (Å²) >= 11 is 3.26. The van der Waals surface area contributed by atoms with Crippen molar-refractivity contribution in [2.75, 3.05) is 0 Å². The maximum atomic E-state index is 11.2. The molecule has 0 aliphatic heterocycles. The van der Waals surface area contributed by atoms with E-state index in [1.807, 2.05) is 32.0 Å². The normalized spacial score (nSPS) is 10.3. The summed E-state index contributed by atoms with van der Waals surface area (Å²) < 4.78 is 6.42. The van der Waals surface area contributed by atoms with Crippen molar-refractivity contribution < 1.29 is 14.6 Å². The fourth-order valence-corrected chi connectivity index (χ4v) is 2.38. The fourth-order valence-electron chi connectivity index (χ4n) is 2.02. The van der Waals surface area contributed by atoms with Gasteiger partial charge in [0.15, 0.2) is 0 Å². The van der Waals surface area contributed by atoms with Gasteiger partial charge in [0.25, 0.3) is 0 Å². The van der Waals surface area contributed by atoms with E-state index in [1.54, 1.807) is 18.2 Å². The van der Waals surface area contributed by atoms with Crippen molar-refractivity contribution in [2.24, 2.45) is 0 Å². The van der Waals surface area contributed by atoms with Gasteiger partial charge < -0.3 is 9.84 Å². The molecule has 0 heterocycles. The van der Waals surface area contributed by atoms with Crippen molar-refractivity contribution in [1.82, 2.24) is 0 Å². The van der Waals surface area contributed by atoms with Crippen molar-refractivity contribution in [2.45, 2.75) is 20.5 Å². The smallest absolute Gasteiger partial charge is 0.339 e. The Morgan fingerprint density at radius 1 is 1.20 bits per heavy atom. The molecule has 0 bridgehead atoms. The molecule has 0 aliphatic rings. The van der Waals surface area contributed by atoms with Crippen molar-refractivity contribution >= 4 is 21.9 Å². The molecule has 2 aromatic rings. The van der Waals surface area contributed by atoms with Crippen LogP contribution in [0.15, 0.2) is 40.9 Å². The van der Waals surface area contributed by atoms with Gasteiger partial charge in [-0.1, -0.05) is 34.1 Å². The summed E-state index contributed by atoms with van der Waals surface area (Å²) in [6.07, 6.45) is 0. The molecule has 3 nitrogen and oxygen atoms in total. The monoisotopic (exact) mass is 334 g/mol. The first-order valence-corrected chi connectivity index (χ1v) is 6.99. The van der Waals surface area contributed by atoms with Crippen LogP contribution in [0.4, 0.5) is 0 Å². The Morgan fingerprint density at radius 2 is 1.85 bits per heavy atom. The molecule has 0 radical (unpaired) electrons. The minimum absolute atomic E-state index is 0.158. The first-order valence-electron chi connectivity index (χ1n) is 6.20. The van der Waals surface area contributed by atoms with E-state index >= 15 is 0 Å². The van der Waals surface area contributed by atoms with E-state index < -0.39 is 5.97 Å². The van der Waals surface area contributed by atoms with Crippen molar-refractivity contribution in [1.29, 1.82) is 0 Å². The molecular weight excluding hydrogens is 320 g/mol. The third kappa shape index (κ3) is 3.20. The Balaban J connectivity index is 2.25. The van der Waals surface area contributed by atoms with Crippen LogP contribution in [0.25, 0.3) is 0 Å². The highest BCUT2D eigenvalue weighted by atomic mass is 79.9. The molecule has 0 spiro atoms. The zero-order valence-electron chi connectivity index (χ0n) is 11.3. The van der Waals surface area contributed by atoms with E-state index in [1.165, 1.54) is 0 Å². The Kier molecular flexibility index (Phi) is 4.45. The molecule has 0 atom stereocenters. The van der Waals surface area contributed by atoms with Gasteiger partial charge in [0.1, 0.15) is 17.9 Å². The first kappa shape index (κ1) is 14.6. The second-order valence-corrected chi connectivity index (χ2v) is 5.52. The quantitative estimate of drug-likeness (QED) is 0.904. The fraction of sp³-hybridized carbons (Fsp3) is 0.188. The van der Waals surface area contributed by atoms with Crippen LogP contribution in [0.2, 0.25) is 0 Å². The van der Waals surface area contributed by atoms with Crippen LogP contribution in [-0.2, 0) is 6.61 Å². The lowest BCUT2D eigenvalue weighted by Gasteiger charge is -2.13. The van der Waals surface area contributed by atoms with E-state index in [0.29, 0.717) is 16.8 Å². The van der Waals surface area contributed by atoms with Gasteiger partial charge in [-0.2, -0.15) is 0 Å². The van der Waals surface area contributed by atoms with Crippen LogP contribution >= 0.6 is 15.9 Å². The van der Waals surface area contributed by atoms with Crippen molar-refractivity contribution in [3.05, 3.63) is 63.1 Å². The molecule has 1 N–H and O–H groups in total. The van der Waals surface area contributed by atoms with Crippen LogP contribution in [0, 0.1) is 13.8 Å². The Bertz CT molecular complexity index is 630. The third-order valence-electron chi connectivity index (χ3n) is 3.19. The standard InChI is InChI=1S/C16H15BrO3/c1-10-4-3-5-11(2)14(10)9-20-15-7-6-12(17)8-13(15)16(18)19/h3-8H,9H2,1-2H3,(H,18,19). The lowest BCUT2D eigenvalue weighted by atomic mass is 10.0. The SMILES string of the molecule is Cc1cccc(C)c1COc1ccc(Br)cc1C(=O)O. The Hall–Kier alpha value is -1.81. The Labute approximate surface area is 126 Å². The molecule has 0 aliphatic carbocycles. The Morgan fingerprint density at radius 3 is 2.45 bits per heavy atom. The molecule has 0 saturated carbocycles. The predicted molar refractivity (Wildman–Crippen MR) is 81.3 cm³/mol. The molecular formula is C16H15BrO3. The molecule has 0 aromatic heterocycles. The van der Waals surface area contributed by atoms with E-state index in [-0.39, 0.29) is 5.56 Å². The summed E-state index contributed by atoms with van der Waals surface area (Å²) in [6, 6.07) is 11.0. The number of carboxylic acids is 1. The van der Waals surface area contributed by atoms with E-state index in [9.17, 15) is 9.90 Å². The van der Waals surface area contributed by atoms with Gasteiger partial charge in [-0.15, -0.1) is 0 Å². The largest absolute Gasteiger partial charge is 0.488 e. The summed E-state index contributed by atoms with van der Waals surface area (Å²) in [4.78, 5) is 11.2. The number of aromatic carboxylic acids is 1. The molecule has 0 unspecified atom stereocenters. The highest BCUT2D eigenvalue weighted by Crippen LogP contribution is 2.25. The van der Waals surface area contributed by atoms with Crippen LogP contribution in [-0.4, -0.2) is 11.1 Å². The van der Waals surface area contributed by atoms with E-state index in [0.717, 1.165) is 16.7 Å². The molecule has 0 saturated heterocycles. The average Bonchev–Trinajstić information content (AvgIpc) is 2.39. The molecule has 0 amide bonds. The highest BCUT2D eigenvalue weighted by Gasteiger charge is 2.12. The maximum Gasteiger partial charge on any atom is 0.339 e. The van der Waals surface area contributed by atoms with Gasteiger partial charge in [-0.3, -0.25) is 0 Å². The minimum Gasteiger partial charge on any atom is -0.488 e. The number of rotatable bonds is 4. The molecule has 2 rings (SSSR count). The molecule has 20 heavy (non-hydrogen) atoms. The van der Waals surface area contributed by atoms with Crippen LogP contribution in [0.3, 0.4) is 0 Å². The summed E-state index contributed by atoms with van der Waals surface area (Å²) in [5.41, 5.74) is 3.52. The topological polar surface area (TPSA) is 46.5 Å². The molecule has 4 heteroatoms. The second kappa shape index (κ2) is 6.09. The van der Waals surface area contributed by atoms with Crippen LogP contribution < -0.4 is 4.74 Å². The lowest BCUT2D eigenvalue weighted by molar-refractivity contribution is 0.0691. The predicted octanol–water partition coefficient (Wildman–Crippen LogP) is 4.34. The van der Waals surface area contributed by atoms with Gasteiger partial charge in [0.2, 0.25) is 0 Å². The number of halogens is 1. The van der Waals surface area contributed by atoms with Crippen molar-refractivity contribution in [3.63, 3.8) is 0 Å². The van der Waals surface area contributed by atoms with Crippen LogP contribution in [0.1, 0.15) is 27.0 Å². The zero-order valence-corrected chi connectivity index (χ0v) is 12.9. The van der Waals surface area contributed by atoms with E-state index in [2.05, 4.69) is 15.9 Å². The van der Waals surface area contributed by atoms with Crippen molar-refractivity contribution in [3.8, 4) is 5.75 Å². The third-order valence-corrected chi connectivity index (χ3v) is 3.68. The number of carboxylic acid groups (broad SMARTS) is 1. The average molecular weight is 335 g/mol. The first-order chi connectivity index (χ1) is 9.49. The summed E-state index contributed by atoms with van der Waals surface area (Å²) in [5.74, 6) is -0.619. The van der Waals surface area contributed by atoms with Gasteiger partial charge in [-0.25, -0.2) is 4.79 Å². The van der Waals surface area contributed by atoms with Crippen LogP contribution in [0.5, 0.6) is 5.75 Å². The molecule has 104 valence electrons. The summed E-state index contributed by atoms with van der Waals surface area (Å²) in [7, 11) is 0. The highest BCUT2D eigenvalue weighted by molar-refractivity contribution is 9.10. The zero-order chi connectivity index (χ0) is 14.7. The maximum absolute atomic E-state index is 11.2. The minimum atomic E-state index is -0.997. The van der Waals surface area contributed by atoms with E-state index in [4.69, 9.17) is 4.74 Å². The number of hydrogen-bond donors (Lipinski definition) is 1. The molecule has 2 aromatic carbocycles. The number of ether oxygens (including phenoxy) is 1. The summed E-state index contributed by atoms with van der Waals surface area (Å²) in [5, 5.41) is 9.20. The van der Waals surface area contributed by atoms with Gasteiger partial charge >= 0.3 is 5.97 Å². The van der Waals surface area contributed by atoms with Gasteiger partial charge in [0.05, 0.1) is 0 Å². The van der Waals surface area contributed by atoms with Gasteiger partial charge in [-0.05, 0) is 48.7 Å². The lowest BCUT2D eigenvalue weighted by Crippen LogP contribution is -2.05. The second-order valence-electron chi connectivity index (χ2n) is 4.60. The van der Waals surface area contributed by atoms with Gasteiger partial charge in [0, 0.05) is 4.47 Å². The number of benzene rings is 2. The number of hydrogen-bond acceptors (Lipinski definition) is 2. The number of carbonyl (C=O) groups is 1.